The Balaban J connectivity index is 1.73. The van der Waals surface area contributed by atoms with Crippen molar-refractivity contribution in [3.8, 4) is 11.8 Å². The number of alkyl halides is 3. The standard InChI is InChI=1S/C20H14ClF3N4O3/c1-27-16-15(17(29)28(19(27)30)10-11-5-7-13(21)8-6-11)25-18(26-16)31-14-4-2-3-12(9-14)20(22,23)24/h2-9H,10H2,1H3,(H,25,26). The fourth-order valence-corrected chi connectivity index (χ4v) is 3.16. The van der Waals surface area contributed by atoms with Crippen LogP contribution in [0.1, 0.15) is 11.1 Å². The molecule has 0 bridgehead atoms. The fourth-order valence-electron chi connectivity index (χ4n) is 3.04. The van der Waals surface area contributed by atoms with Gasteiger partial charge >= 0.3 is 17.9 Å². The molecule has 0 radical (unpaired) electrons. The van der Waals surface area contributed by atoms with Crippen LogP contribution in [-0.4, -0.2) is 19.1 Å². The van der Waals surface area contributed by atoms with Gasteiger partial charge in [-0.3, -0.25) is 13.9 Å². The molecule has 2 heterocycles. The van der Waals surface area contributed by atoms with Gasteiger partial charge in [-0.05, 0) is 35.9 Å². The number of benzene rings is 2. The van der Waals surface area contributed by atoms with Gasteiger partial charge in [-0.2, -0.15) is 18.2 Å². The van der Waals surface area contributed by atoms with Gasteiger partial charge in [0.05, 0.1) is 12.1 Å². The summed E-state index contributed by atoms with van der Waals surface area (Å²) >= 11 is 5.86. The molecule has 0 fully saturated rings. The molecule has 31 heavy (non-hydrogen) atoms. The molecule has 0 aliphatic carbocycles. The van der Waals surface area contributed by atoms with Crippen molar-refractivity contribution in [1.82, 2.24) is 19.1 Å². The summed E-state index contributed by atoms with van der Waals surface area (Å²) in [5.41, 5.74) is -1.45. The van der Waals surface area contributed by atoms with Gasteiger partial charge in [0, 0.05) is 12.1 Å². The van der Waals surface area contributed by atoms with E-state index in [0.29, 0.717) is 10.6 Å². The van der Waals surface area contributed by atoms with Gasteiger partial charge in [0.15, 0.2) is 11.2 Å². The van der Waals surface area contributed by atoms with E-state index in [1.165, 1.54) is 19.2 Å². The second-order valence-corrected chi connectivity index (χ2v) is 7.16. The summed E-state index contributed by atoms with van der Waals surface area (Å²) < 4.78 is 46.2. The summed E-state index contributed by atoms with van der Waals surface area (Å²) in [6, 6.07) is 10.7. The predicted octanol–water partition coefficient (Wildman–Crippen LogP) is 3.94. The number of fused-ring (bicyclic) bond motifs is 1. The molecule has 1 N–H and O–H groups in total. The Morgan fingerprint density at radius 1 is 1.13 bits per heavy atom. The van der Waals surface area contributed by atoms with Crippen molar-refractivity contribution in [2.75, 3.05) is 0 Å². The molecule has 0 spiro atoms. The first kappa shape index (κ1) is 20.7. The normalized spacial score (nSPS) is 11.8. The van der Waals surface area contributed by atoms with E-state index in [-0.39, 0.29) is 29.5 Å². The topological polar surface area (TPSA) is 81.9 Å². The van der Waals surface area contributed by atoms with E-state index in [1.54, 1.807) is 24.3 Å². The second-order valence-electron chi connectivity index (χ2n) is 6.73. The van der Waals surface area contributed by atoms with E-state index < -0.39 is 23.0 Å². The van der Waals surface area contributed by atoms with Gasteiger partial charge in [0.1, 0.15) is 5.75 Å². The fraction of sp³-hybridized carbons (Fsp3) is 0.150. The molecular weight excluding hydrogens is 437 g/mol. The highest BCUT2D eigenvalue weighted by molar-refractivity contribution is 6.30. The molecule has 2 aromatic heterocycles. The number of aryl methyl sites for hydroxylation is 1. The second kappa shape index (κ2) is 7.62. The van der Waals surface area contributed by atoms with Crippen LogP contribution in [0.25, 0.3) is 11.2 Å². The molecule has 0 aliphatic rings. The minimum atomic E-state index is -4.54. The minimum absolute atomic E-state index is 0.00144. The quantitative estimate of drug-likeness (QED) is 0.510. The Kier molecular flexibility index (Phi) is 5.10. The average molecular weight is 451 g/mol. The lowest BCUT2D eigenvalue weighted by molar-refractivity contribution is -0.137. The van der Waals surface area contributed by atoms with Crippen molar-refractivity contribution >= 4 is 22.8 Å². The van der Waals surface area contributed by atoms with E-state index in [9.17, 15) is 22.8 Å². The van der Waals surface area contributed by atoms with Crippen LogP contribution >= 0.6 is 11.6 Å². The van der Waals surface area contributed by atoms with Crippen LogP contribution in [0.3, 0.4) is 0 Å². The van der Waals surface area contributed by atoms with Gasteiger partial charge in [0.25, 0.3) is 5.56 Å². The first-order valence-electron chi connectivity index (χ1n) is 8.92. The monoisotopic (exact) mass is 450 g/mol. The number of hydrogen-bond donors (Lipinski definition) is 1. The maximum absolute atomic E-state index is 12.9. The summed E-state index contributed by atoms with van der Waals surface area (Å²) in [5.74, 6) is -0.125. The SMILES string of the molecule is Cn1c(=O)n(Cc2ccc(Cl)cc2)c(=O)c2[nH]c(Oc3cccc(C(F)(F)F)c3)nc21. The van der Waals surface area contributed by atoms with Crippen molar-refractivity contribution in [2.24, 2.45) is 7.05 Å². The zero-order chi connectivity index (χ0) is 22.3. The van der Waals surface area contributed by atoms with Crippen molar-refractivity contribution in [3.63, 3.8) is 0 Å². The maximum atomic E-state index is 12.9. The molecule has 4 aromatic rings. The molecule has 160 valence electrons. The van der Waals surface area contributed by atoms with Crippen LogP contribution in [0, 0.1) is 0 Å². The van der Waals surface area contributed by atoms with Crippen molar-refractivity contribution in [3.05, 3.63) is 85.5 Å². The Hall–Kier alpha value is -3.53. The largest absolute Gasteiger partial charge is 0.426 e. The van der Waals surface area contributed by atoms with E-state index in [4.69, 9.17) is 16.3 Å². The van der Waals surface area contributed by atoms with Crippen LogP contribution < -0.4 is 16.0 Å². The third-order valence-corrected chi connectivity index (χ3v) is 4.84. The summed E-state index contributed by atoms with van der Waals surface area (Å²) in [5, 5.41) is 0.518. The van der Waals surface area contributed by atoms with E-state index in [0.717, 1.165) is 21.3 Å². The highest BCUT2D eigenvalue weighted by Crippen LogP contribution is 2.32. The summed E-state index contributed by atoms with van der Waals surface area (Å²) in [6.45, 7) is 0.00144. The highest BCUT2D eigenvalue weighted by Gasteiger charge is 2.30. The zero-order valence-electron chi connectivity index (χ0n) is 15.9. The summed E-state index contributed by atoms with van der Waals surface area (Å²) in [7, 11) is 1.43. The zero-order valence-corrected chi connectivity index (χ0v) is 16.7. The Labute approximate surface area is 177 Å². The lowest BCUT2D eigenvalue weighted by Gasteiger charge is -2.08. The Morgan fingerprint density at radius 2 is 1.84 bits per heavy atom. The number of aromatic amines is 1. The number of hydrogen-bond acceptors (Lipinski definition) is 4. The lowest BCUT2D eigenvalue weighted by atomic mass is 10.2. The molecule has 11 heteroatoms. The van der Waals surface area contributed by atoms with Crippen LogP contribution in [0.4, 0.5) is 13.2 Å². The molecule has 0 aliphatic heterocycles. The number of ether oxygens (including phenoxy) is 1. The Morgan fingerprint density at radius 3 is 2.52 bits per heavy atom. The van der Waals surface area contributed by atoms with Crippen molar-refractivity contribution < 1.29 is 17.9 Å². The number of rotatable bonds is 4. The van der Waals surface area contributed by atoms with Crippen LogP contribution in [-0.2, 0) is 19.8 Å². The third-order valence-electron chi connectivity index (χ3n) is 4.59. The number of imidazole rings is 1. The molecule has 2 aromatic carbocycles. The minimum Gasteiger partial charge on any atom is -0.426 e. The van der Waals surface area contributed by atoms with Crippen molar-refractivity contribution in [1.29, 1.82) is 0 Å². The predicted molar refractivity (Wildman–Crippen MR) is 108 cm³/mol. The first-order valence-corrected chi connectivity index (χ1v) is 9.30. The van der Waals surface area contributed by atoms with Crippen LogP contribution in [0.15, 0.2) is 58.1 Å². The molecule has 0 amide bonds. The highest BCUT2D eigenvalue weighted by atomic mass is 35.5. The first-order chi connectivity index (χ1) is 14.6. The molecule has 7 nitrogen and oxygen atoms in total. The van der Waals surface area contributed by atoms with Gasteiger partial charge < -0.3 is 9.72 Å². The number of nitrogens with zero attached hydrogens (tertiary/aromatic N) is 3. The number of aromatic nitrogens is 4. The molecule has 0 saturated carbocycles. The van der Waals surface area contributed by atoms with Gasteiger partial charge in [0.2, 0.25) is 0 Å². The Bertz CT molecular complexity index is 1390. The van der Waals surface area contributed by atoms with E-state index in [1.807, 2.05) is 0 Å². The van der Waals surface area contributed by atoms with E-state index in [2.05, 4.69) is 9.97 Å². The molecule has 4 rings (SSSR count). The molecular formula is C20H14ClF3N4O3. The maximum Gasteiger partial charge on any atom is 0.416 e. The lowest BCUT2D eigenvalue weighted by Crippen LogP contribution is -2.39. The number of halogens is 4. The van der Waals surface area contributed by atoms with Gasteiger partial charge in [-0.15, -0.1) is 0 Å². The number of nitrogens with one attached hydrogen (secondary N) is 1. The van der Waals surface area contributed by atoms with Gasteiger partial charge in [-0.1, -0.05) is 29.8 Å². The average Bonchev–Trinajstić information content (AvgIpc) is 3.15. The summed E-state index contributed by atoms with van der Waals surface area (Å²) in [4.78, 5) is 32.2. The van der Waals surface area contributed by atoms with Crippen LogP contribution in [0.5, 0.6) is 11.8 Å². The van der Waals surface area contributed by atoms with Crippen molar-refractivity contribution in [2.45, 2.75) is 12.7 Å². The molecule has 0 atom stereocenters. The summed E-state index contributed by atoms with van der Waals surface area (Å²) in [6.07, 6.45) is -4.54. The molecule has 0 saturated heterocycles. The third kappa shape index (κ3) is 4.06. The van der Waals surface area contributed by atoms with Crippen LogP contribution in [0.2, 0.25) is 5.02 Å². The smallest absolute Gasteiger partial charge is 0.416 e. The number of H-pyrrole nitrogens is 1. The van der Waals surface area contributed by atoms with Gasteiger partial charge in [-0.25, -0.2) is 4.79 Å². The van der Waals surface area contributed by atoms with E-state index >= 15 is 0 Å². The molecule has 0 unspecified atom stereocenters.